The molecule has 0 saturated carbocycles. The summed E-state index contributed by atoms with van der Waals surface area (Å²) in [4.78, 5) is 4.14. The molecule has 3 aromatic rings. The molecule has 0 spiro atoms. The Kier molecular flexibility index (Phi) is 8.63. The van der Waals surface area contributed by atoms with Crippen LogP contribution in [0.1, 0.15) is 36.6 Å². The van der Waals surface area contributed by atoms with E-state index in [9.17, 15) is 13.5 Å². The Morgan fingerprint density at radius 1 is 0.848 bits per heavy atom. The number of rotatable bonds is 11. The van der Waals surface area contributed by atoms with Gasteiger partial charge in [-0.25, -0.2) is 13.6 Å². The first kappa shape index (κ1) is 24.9. The summed E-state index contributed by atoms with van der Waals surface area (Å²) in [7, 11) is -3.95. The van der Waals surface area contributed by atoms with Crippen LogP contribution in [0.25, 0.3) is 0 Å². The predicted octanol–water partition coefficient (Wildman–Crippen LogP) is 3.92. The lowest BCUT2D eigenvalue weighted by molar-refractivity contribution is 0.105. The van der Waals surface area contributed by atoms with Gasteiger partial charge < -0.3 is 10.0 Å². The second-order valence-corrected chi connectivity index (χ2v) is 9.63. The summed E-state index contributed by atoms with van der Waals surface area (Å²) in [6.45, 7) is 6.90. The van der Waals surface area contributed by atoms with Crippen LogP contribution in [0.4, 0.5) is 5.69 Å². The Morgan fingerprint density at radius 2 is 1.36 bits per heavy atom. The van der Waals surface area contributed by atoms with Crippen molar-refractivity contribution in [3.8, 4) is 0 Å². The zero-order chi connectivity index (χ0) is 23.8. The van der Waals surface area contributed by atoms with E-state index >= 15 is 0 Å². The SMILES string of the molecule is CCN(CC)c1ccc(C(O)CN(Cc2ccccc2)Cc2ccccc2)cc1S(N)(=O)=O. The minimum atomic E-state index is -3.95. The minimum absolute atomic E-state index is 0.0421. The van der Waals surface area contributed by atoms with Gasteiger partial charge in [-0.3, -0.25) is 4.90 Å². The van der Waals surface area contributed by atoms with Crippen molar-refractivity contribution in [2.24, 2.45) is 5.14 Å². The number of aliphatic hydroxyl groups is 1. The molecule has 33 heavy (non-hydrogen) atoms. The molecule has 0 bridgehead atoms. The van der Waals surface area contributed by atoms with Crippen LogP contribution in [0.5, 0.6) is 0 Å². The van der Waals surface area contributed by atoms with E-state index in [1.807, 2.05) is 55.1 Å². The number of sulfonamides is 1. The van der Waals surface area contributed by atoms with E-state index in [-0.39, 0.29) is 4.90 Å². The fourth-order valence-corrected chi connectivity index (χ4v) is 4.80. The van der Waals surface area contributed by atoms with E-state index in [2.05, 4.69) is 29.2 Å². The van der Waals surface area contributed by atoms with E-state index in [1.165, 1.54) is 6.07 Å². The monoisotopic (exact) mass is 467 g/mol. The van der Waals surface area contributed by atoms with Crippen molar-refractivity contribution in [2.75, 3.05) is 24.5 Å². The number of benzene rings is 3. The third-order valence-corrected chi connectivity index (χ3v) is 6.65. The van der Waals surface area contributed by atoms with Crippen molar-refractivity contribution in [2.45, 2.75) is 37.9 Å². The number of aliphatic hydroxyl groups excluding tert-OH is 1. The first-order valence-corrected chi connectivity index (χ1v) is 12.8. The molecule has 0 fully saturated rings. The van der Waals surface area contributed by atoms with Crippen LogP contribution >= 0.6 is 0 Å². The van der Waals surface area contributed by atoms with E-state index < -0.39 is 16.1 Å². The number of primary sulfonamides is 1. The number of hydrogen-bond acceptors (Lipinski definition) is 5. The maximum absolute atomic E-state index is 12.3. The van der Waals surface area contributed by atoms with Crippen molar-refractivity contribution in [3.05, 3.63) is 95.6 Å². The molecule has 0 aromatic heterocycles. The summed E-state index contributed by atoms with van der Waals surface area (Å²) in [5.41, 5.74) is 3.37. The minimum Gasteiger partial charge on any atom is -0.387 e. The molecule has 0 aliphatic heterocycles. The van der Waals surface area contributed by atoms with Crippen LogP contribution in [0, 0.1) is 0 Å². The van der Waals surface area contributed by atoms with Gasteiger partial charge in [0, 0.05) is 32.7 Å². The third kappa shape index (κ3) is 6.88. The van der Waals surface area contributed by atoms with Gasteiger partial charge in [0.2, 0.25) is 10.0 Å². The van der Waals surface area contributed by atoms with Crippen LogP contribution < -0.4 is 10.0 Å². The lowest BCUT2D eigenvalue weighted by atomic mass is 10.1. The molecule has 7 heteroatoms. The van der Waals surface area contributed by atoms with Gasteiger partial charge >= 0.3 is 0 Å². The van der Waals surface area contributed by atoms with E-state index in [0.717, 1.165) is 11.1 Å². The Labute approximate surface area is 197 Å². The van der Waals surface area contributed by atoms with Crippen molar-refractivity contribution in [1.82, 2.24) is 4.90 Å². The Morgan fingerprint density at radius 3 is 1.82 bits per heavy atom. The molecular weight excluding hydrogens is 434 g/mol. The molecule has 176 valence electrons. The van der Waals surface area contributed by atoms with Gasteiger partial charge in [-0.05, 0) is 42.7 Å². The number of nitrogens with two attached hydrogens (primary N) is 1. The van der Waals surface area contributed by atoms with Crippen molar-refractivity contribution in [1.29, 1.82) is 0 Å². The maximum atomic E-state index is 12.3. The van der Waals surface area contributed by atoms with Crippen LogP contribution in [-0.2, 0) is 23.1 Å². The van der Waals surface area contributed by atoms with E-state index in [4.69, 9.17) is 5.14 Å². The van der Waals surface area contributed by atoms with Crippen LogP contribution in [-0.4, -0.2) is 38.1 Å². The highest BCUT2D eigenvalue weighted by atomic mass is 32.2. The van der Waals surface area contributed by atoms with E-state index in [1.54, 1.807) is 12.1 Å². The number of hydrogen-bond donors (Lipinski definition) is 2. The van der Waals surface area contributed by atoms with Gasteiger partial charge in [-0.15, -0.1) is 0 Å². The standard InChI is InChI=1S/C26H33N3O3S/c1-3-29(4-2)24-16-15-23(17-26(24)33(27,31)32)25(30)20-28(18-21-11-7-5-8-12-21)19-22-13-9-6-10-14-22/h5-17,25,30H,3-4,18-20H2,1-2H3,(H2,27,31,32). The maximum Gasteiger partial charge on any atom is 0.240 e. The molecule has 0 heterocycles. The smallest absolute Gasteiger partial charge is 0.240 e. The second-order valence-electron chi connectivity index (χ2n) is 8.10. The highest BCUT2D eigenvalue weighted by molar-refractivity contribution is 7.89. The fourth-order valence-electron chi connectivity index (χ4n) is 4.01. The number of anilines is 1. The van der Waals surface area contributed by atoms with Crippen LogP contribution in [0.2, 0.25) is 0 Å². The van der Waals surface area contributed by atoms with Gasteiger partial charge in [0.15, 0.2) is 0 Å². The Balaban J connectivity index is 1.88. The summed E-state index contributed by atoms with van der Waals surface area (Å²) < 4.78 is 24.7. The zero-order valence-corrected chi connectivity index (χ0v) is 20.1. The Bertz CT molecular complexity index is 1080. The quantitative estimate of drug-likeness (QED) is 0.446. The topological polar surface area (TPSA) is 86.9 Å². The molecule has 6 nitrogen and oxygen atoms in total. The largest absolute Gasteiger partial charge is 0.387 e. The first-order valence-electron chi connectivity index (χ1n) is 11.2. The fraction of sp³-hybridized carbons (Fsp3) is 0.308. The molecule has 0 aliphatic rings. The zero-order valence-electron chi connectivity index (χ0n) is 19.3. The van der Waals surface area contributed by atoms with Crippen molar-refractivity contribution >= 4 is 15.7 Å². The summed E-state index contributed by atoms with van der Waals surface area (Å²) in [6.07, 6.45) is -0.872. The molecule has 1 atom stereocenters. The normalized spacial score (nSPS) is 12.6. The molecule has 0 aliphatic carbocycles. The van der Waals surface area contributed by atoms with Crippen molar-refractivity contribution in [3.63, 3.8) is 0 Å². The van der Waals surface area contributed by atoms with Gasteiger partial charge in [0.25, 0.3) is 0 Å². The van der Waals surface area contributed by atoms with Crippen LogP contribution in [0.15, 0.2) is 83.8 Å². The second kappa shape index (κ2) is 11.4. The molecule has 3 rings (SSSR count). The third-order valence-electron chi connectivity index (χ3n) is 5.71. The highest BCUT2D eigenvalue weighted by Crippen LogP contribution is 2.29. The summed E-state index contributed by atoms with van der Waals surface area (Å²) in [5, 5.41) is 16.6. The van der Waals surface area contributed by atoms with Crippen molar-refractivity contribution < 1.29 is 13.5 Å². The summed E-state index contributed by atoms with van der Waals surface area (Å²) >= 11 is 0. The van der Waals surface area contributed by atoms with E-state index in [0.29, 0.717) is 44.0 Å². The van der Waals surface area contributed by atoms with Gasteiger partial charge in [0.05, 0.1) is 11.8 Å². The molecular formula is C26H33N3O3S. The average Bonchev–Trinajstić information content (AvgIpc) is 2.80. The molecule has 0 radical (unpaired) electrons. The molecule has 0 saturated heterocycles. The molecule has 3 aromatic carbocycles. The first-order chi connectivity index (χ1) is 15.8. The molecule has 0 amide bonds. The Hall–Kier alpha value is -2.71. The number of nitrogens with zero attached hydrogens (tertiary/aromatic N) is 2. The average molecular weight is 468 g/mol. The lowest BCUT2D eigenvalue weighted by Gasteiger charge is -2.27. The predicted molar refractivity (Wildman–Crippen MR) is 133 cm³/mol. The molecule has 1 unspecified atom stereocenters. The van der Waals surface area contributed by atoms with Gasteiger partial charge in [-0.2, -0.15) is 0 Å². The lowest BCUT2D eigenvalue weighted by Crippen LogP contribution is -2.29. The van der Waals surface area contributed by atoms with Crippen LogP contribution in [0.3, 0.4) is 0 Å². The highest BCUT2D eigenvalue weighted by Gasteiger charge is 2.22. The summed E-state index contributed by atoms with van der Waals surface area (Å²) in [6, 6.07) is 25.2. The van der Waals surface area contributed by atoms with Gasteiger partial charge in [-0.1, -0.05) is 66.7 Å². The molecule has 3 N–H and O–H groups in total. The van der Waals surface area contributed by atoms with Gasteiger partial charge in [0.1, 0.15) is 4.90 Å². The summed E-state index contributed by atoms with van der Waals surface area (Å²) in [5.74, 6) is 0.